The average Bonchev–Trinajstić information content (AvgIpc) is 2.38. The van der Waals surface area contributed by atoms with Crippen LogP contribution >= 0.6 is 0 Å². The van der Waals surface area contributed by atoms with Crippen LogP contribution in [-0.4, -0.2) is 24.9 Å². The smallest absolute Gasteiger partial charge is 0.123 e. The highest BCUT2D eigenvalue weighted by Gasteiger charge is 2.12. The quantitative estimate of drug-likeness (QED) is 0.803. The molecule has 2 N–H and O–H groups in total. The first-order valence-electron chi connectivity index (χ1n) is 6.03. The third-order valence-electron chi connectivity index (χ3n) is 2.97. The molecule has 4 nitrogen and oxygen atoms in total. The number of nitrogens with one attached hydrogen (secondary N) is 1. The van der Waals surface area contributed by atoms with Gasteiger partial charge in [-0.05, 0) is 24.1 Å². The van der Waals surface area contributed by atoms with Crippen molar-refractivity contribution in [2.45, 2.75) is 26.4 Å². The lowest BCUT2D eigenvalue weighted by Crippen LogP contribution is -2.36. The first-order valence-corrected chi connectivity index (χ1v) is 6.03. The van der Waals surface area contributed by atoms with Gasteiger partial charge < -0.3 is 15.2 Å². The fourth-order valence-electron chi connectivity index (χ4n) is 1.74. The summed E-state index contributed by atoms with van der Waals surface area (Å²) in [5, 5.41) is 21.4. The second kappa shape index (κ2) is 7.00. The van der Waals surface area contributed by atoms with Crippen molar-refractivity contribution in [3.8, 4) is 11.8 Å². The van der Waals surface area contributed by atoms with E-state index in [0.717, 1.165) is 11.3 Å². The van der Waals surface area contributed by atoms with Gasteiger partial charge in [0, 0.05) is 18.2 Å². The van der Waals surface area contributed by atoms with Gasteiger partial charge in [0.1, 0.15) is 5.75 Å². The lowest BCUT2D eigenvalue weighted by atomic mass is 10.0. The summed E-state index contributed by atoms with van der Waals surface area (Å²) in [6, 6.07) is 7.48. The van der Waals surface area contributed by atoms with Gasteiger partial charge >= 0.3 is 0 Å². The van der Waals surface area contributed by atoms with E-state index in [1.54, 1.807) is 25.3 Å². The molecule has 0 aliphatic heterocycles. The van der Waals surface area contributed by atoms with Gasteiger partial charge in [0.15, 0.2) is 0 Å². The standard InChI is InChI=1S/C14H20N2O2/c1-10(2)13(9-17)16-8-12-6-11(7-15)4-5-14(12)18-3/h4-6,10,13,16-17H,8-9H2,1-3H3. The molecule has 0 saturated carbocycles. The van der Waals surface area contributed by atoms with E-state index in [2.05, 4.69) is 25.2 Å². The first-order chi connectivity index (χ1) is 8.62. The molecule has 0 aromatic heterocycles. The molecule has 0 saturated heterocycles. The van der Waals surface area contributed by atoms with Crippen LogP contribution in [0.1, 0.15) is 25.0 Å². The Morgan fingerprint density at radius 1 is 1.44 bits per heavy atom. The molecule has 18 heavy (non-hydrogen) atoms. The summed E-state index contributed by atoms with van der Waals surface area (Å²) in [6.07, 6.45) is 0. The third kappa shape index (κ3) is 3.73. The largest absolute Gasteiger partial charge is 0.496 e. The average molecular weight is 248 g/mol. The normalized spacial score (nSPS) is 12.2. The van der Waals surface area contributed by atoms with Gasteiger partial charge in [-0.15, -0.1) is 0 Å². The molecule has 0 fully saturated rings. The number of nitrogens with zero attached hydrogens (tertiary/aromatic N) is 1. The van der Waals surface area contributed by atoms with Crippen LogP contribution in [0.2, 0.25) is 0 Å². The maximum atomic E-state index is 9.26. The highest BCUT2D eigenvalue weighted by atomic mass is 16.5. The fourth-order valence-corrected chi connectivity index (χ4v) is 1.74. The summed E-state index contributed by atoms with van der Waals surface area (Å²) in [4.78, 5) is 0. The summed E-state index contributed by atoms with van der Waals surface area (Å²) in [7, 11) is 1.61. The van der Waals surface area contributed by atoms with Crippen molar-refractivity contribution in [1.29, 1.82) is 5.26 Å². The Morgan fingerprint density at radius 3 is 2.67 bits per heavy atom. The van der Waals surface area contributed by atoms with E-state index in [9.17, 15) is 5.11 Å². The molecule has 1 unspecified atom stereocenters. The Labute approximate surface area is 108 Å². The van der Waals surface area contributed by atoms with E-state index in [4.69, 9.17) is 10.00 Å². The summed E-state index contributed by atoms with van der Waals surface area (Å²) < 4.78 is 5.26. The first kappa shape index (κ1) is 14.5. The number of hydrogen-bond donors (Lipinski definition) is 2. The van der Waals surface area contributed by atoms with Gasteiger partial charge in [-0.25, -0.2) is 0 Å². The van der Waals surface area contributed by atoms with Crippen LogP contribution in [0.3, 0.4) is 0 Å². The number of methoxy groups -OCH3 is 1. The van der Waals surface area contributed by atoms with Crippen LogP contribution in [0.4, 0.5) is 0 Å². The van der Waals surface area contributed by atoms with Crippen LogP contribution in [0, 0.1) is 17.2 Å². The summed E-state index contributed by atoms with van der Waals surface area (Å²) in [5.74, 6) is 1.10. The lowest BCUT2D eigenvalue weighted by Gasteiger charge is -2.20. The topological polar surface area (TPSA) is 65.3 Å². The molecule has 0 aliphatic rings. The van der Waals surface area contributed by atoms with Gasteiger partial charge in [-0.2, -0.15) is 5.26 Å². The zero-order valence-electron chi connectivity index (χ0n) is 11.1. The minimum absolute atomic E-state index is 0.0421. The zero-order chi connectivity index (χ0) is 13.5. The van der Waals surface area contributed by atoms with E-state index in [1.165, 1.54) is 0 Å². The Balaban J connectivity index is 2.79. The molecule has 4 heteroatoms. The van der Waals surface area contributed by atoms with Gasteiger partial charge in [0.05, 0.1) is 25.3 Å². The Kier molecular flexibility index (Phi) is 5.63. The predicted molar refractivity (Wildman–Crippen MR) is 70.3 cm³/mol. The molecule has 1 rings (SSSR count). The second-order valence-electron chi connectivity index (χ2n) is 4.55. The maximum absolute atomic E-state index is 9.26. The van der Waals surface area contributed by atoms with Crippen molar-refractivity contribution in [2.24, 2.45) is 5.92 Å². The summed E-state index contributed by atoms with van der Waals surface area (Å²) in [5.41, 5.74) is 1.54. The highest BCUT2D eigenvalue weighted by molar-refractivity contribution is 5.42. The predicted octanol–water partition coefficient (Wildman–Crippen LogP) is 1.67. The van der Waals surface area contributed by atoms with Crippen molar-refractivity contribution in [1.82, 2.24) is 5.32 Å². The molecule has 1 aromatic carbocycles. The second-order valence-corrected chi connectivity index (χ2v) is 4.55. The zero-order valence-corrected chi connectivity index (χ0v) is 11.1. The molecule has 0 radical (unpaired) electrons. The van der Waals surface area contributed by atoms with E-state index in [1.807, 2.05) is 0 Å². The van der Waals surface area contributed by atoms with Crippen molar-refractivity contribution in [2.75, 3.05) is 13.7 Å². The number of ether oxygens (including phenoxy) is 1. The van der Waals surface area contributed by atoms with Crippen molar-refractivity contribution < 1.29 is 9.84 Å². The number of rotatable bonds is 6. The van der Waals surface area contributed by atoms with E-state index in [-0.39, 0.29) is 12.6 Å². The molecule has 0 amide bonds. The molecule has 0 heterocycles. The minimum atomic E-state index is 0.0421. The third-order valence-corrected chi connectivity index (χ3v) is 2.97. The molecule has 0 spiro atoms. The molecular weight excluding hydrogens is 228 g/mol. The molecular formula is C14H20N2O2. The van der Waals surface area contributed by atoms with Crippen molar-refractivity contribution >= 4 is 0 Å². The number of hydrogen-bond acceptors (Lipinski definition) is 4. The Morgan fingerprint density at radius 2 is 2.17 bits per heavy atom. The highest BCUT2D eigenvalue weighted by Crippen LogP contribution is 2.19. The van der Waals surface area contributed by atoms with E-state index < -0.39 is 0 Å². The minimum Gasteiger partial charge on any atom is -0.496 e. The SMILES string of the molecule is COc1ccc(C#N)cc1CNC(CO)C(C)C. The van der Waals surface area contributed by atoms with Gasteiger partial charge in [0.2, 0.25) is 0 Å². The molecule has 1 aromatic rings. The number of aliphatic hydroxyl groups is 1. The van der Waals surface area contributed by atoms with Crippen LogP contribution in [0.25, 0.3) is 0 Å². The number of aliphatic hydroxyl groups excluding tert-OH is 1. The molecule has 1 atom stereocenters. The van der Waals surface area contributed by atoms with Crippen LogP contribution in [0.15, 0.2) is 18.2 Å². The van der Waals surface area contributed by atoms with Crippen LogP contribution < -0.4 is 10.1 Å². The van der Waals surface area contributed by atoms with Crippen LogP contribution in [-0.2, 0) is 6.54 Å². The lowest BCUT2D eigenvalue weighted by molar-refractivity contribution is 0.209. The summed E-state index contributed by atoms with van der Waals surface area (Å²) in [6.45, 7) is 4.77. The monoisotopic (exact) mass is 248 g/mol. The Bertz CT molecular complexity index is 424. The Hall–Kier alpha value is -1.57. The summed E-state index contributed by atoms with van der Waals surface area (Å²) >= 11 is 0. The molecule has 98 valence electrons. The van der Waals surface area contributed by atoms with E-state index >= 15 is 0 Å². The number of benzene rings is 1. The number of nitriles is 1. The van der Waals surface area contributed by atoms with Crippen molar-refractivity contribution in [3.05, 3.63) is 29.3 Å². The maximum Gasteiger partial charge on any atom is 0.123 e. The molecule has 0 aliphatic carbocycles. The van der Waals surface area contributed by atoms with Gasteiger partial charge in [0.25, 0.3) is 0 Å². The van der Waals surface area contributed by atoms with Gasteiger partial charge in [-0.1, -0.05) is 13.8 Å². The van der Waals surface area contributed by atoms with E-state index in [0.29, 0.717) is 18.0 Å². The molecule has 0 bridgehead atoms. The van der Waals surface area contributed by atoms with Crippen molar-refractivity contribution in [3.63, 3.8) is 0 Å². The van der Waals surface area contributed by atoms with Gasteiger partial charge in [-0.3, -0.25) is 0 Å². The fraction of sp³-hybridized carbons (Fsp3) is 0.500. The van der Waals surface area contributed by atoms with Crippen LogP contribution in [0.5, 0.6) is 5.75 Å².